The standard InChI is InChI=1S/C34H35N5O5/c40-24-14-12-22(13-15-24)17-27-31(41)36-28(19-23-20-35-26-10-5-4-9-25(23)26)32(42)38-29(18-21-7-2-1-3-8-21)34(44)39-16-6-11-30(39)33(43)37-27/h1-5,7-10,12-15,20,27-30,35,40H,6,11,16-19H2,(H,36,41)(H,37,43)(H,38,42)/t27-,28+,29-,30+/m0/s1. The molecule has 3 aromatic carbocycles. The summed E-state index contributed by atoms with van der Waals surface area (Å²) in [5, 5.41) is 19.4. The average Bonchev–Trinajstić information content (AvgIpc) is 3.69. The van der Waals surface area contributed by atoms with E-state index in [0.29, 0.717) is 19.4 Å². The molecule has 0 unspecified atom stereocenters. The number of hydrogen-bond donors (Lipinski definition) is 5. The predicted molar refractivity (Wildman–Crippen MR) is 164 cm³/mol. The van der Waals surface area contributed by atoms with E-state index < -0.39 is 41.9 Å². The van der Waals surface area contributed by atoms with Crippen molar-refractivity contribution in [2.24, 2.45) is 0 Å². The van der Waals surface area contributed by atoms with Gasteiger partial charge in [-0.2, -0.15) is 0 Å². The van der Waals surface area contributed by atoms with Gasteiger partial charge in [-0.1, -0.05) is 60.7 Å². The number of carbonyl (C=O) groups excluding carboxylic acids is 4. The van der Waals surface area contributed by atoms with Crippen molar-refractivity contribution in [1.29, 1.82) is 0 Å². The molecular formula is C34H35N5O5. The number of aromatic nitrogens is 1. The van der Waals surface area contributed by atoms with Crippen LogP contribution >= 0.6 is 0 Å². The summed E-state index contributed by atoms with van der Waals surface area (Å²) < 4.78 is 0. The summed E-state index contributed by atoms with van der Waals surface area (Å²) in [5.74, 6) is -1.64. The Kier molecular flexibility index (Phi) is 8.31. The minimum absolute atomic E-state index is 0.0848. The molecule has 2 aliphatic heterocycles. The van der Waals surface area contributed by atoms with Crippen molar-refractivity contribution < 1.29 is 24.3 Å². The average molecular weight is 594 g/mol. The van der Waals surface area contributed by atoms with E-state index in [1.807, 2.05) is 60.8 Å². The van der Waals surface area contributed by atoms with Crippen molar-refractivity contribution in [3.05, 3.63) is 102 Å². The molecule has 5 N–H and O–H groups in total. The van der Waals surface area contributed by atoms with Crippen molar-refractivity contribution in [2.45, 2.75) is 56.3 Å². The van der Waals surface area contributed by atoms with Gasteiger partial charge in [0.1, 0.15) is 29.9 Å². The smallest absolute Gasteiger partial charge is 0.246 e. The number of amides is 4. The third kappa shape index (κ3) is 6.29. The summed E-state index contributed by atoms with van der Waals surface area (Å²) in [6.45, 7) is 0.381. The minimum Gasteiger partial charge on any atom is -0.508 e. The maximum Gasteiger partial charge on any atom is 0.246 e. The number of hydrogen-bond acceptors (Lipinski definition) is 5. The molecule has 4 aromatic rings. The third-order valence-corrected chi connectivity index (χ3v) is 8.48. The van der Waals surface area contributed by atoms with Crippen LogP contribution in [0.5, 0.6) is 5.75 Å². The van der Waals surface area contributed by atoms with Gasteiger partial charge in [0.05, 0.1) is 0 Å². The Bertz CT molecular complexity index is 1670. The summed E-state index contributed by atoms with van der Waals surface area (Å²) in [6, 6.07) is 19.8. The number of nitrogens with one attached hydrogen (secondary N) is 4. The number of nitrogens with zero attached hydrogens (tertiary/aromatic N) is 1. The number of H-pyrrole nitrogens is 1. The highest BCUT2D eigenvalue weighted by Crippen LogP contribution is 2.23. The first-order chi connectivity index (χ1) is 21.4. The number of fused-ring (bicyclic) bond motifs is 2. The number of para-hydroxylation sites is 1. The van der Waals surface area contributed by atoms with Gasteiger partial charge in [0.25, 0.3) is 0 Å². The second-order valence-electron chi connectivity index (χ2n) is 11.5. The van der Waals surface area contributed by atoms with E-state index in [1.165, 1.54) is 17.0 Å². The number of phenols is 1. The Morgan fingerprint density at radius 3 is 2.07 bits per heavy atom. The van der Waals surface area contributed by atoms with Crippen molar-refractivity contribution >= 4 is 34.5 Å². The molecule has 2 fully saturated rings. The van der Waals surface area contributed by atoms with Gasteiger partial charge in [0.2, 0.25) is 23.6 Å². The fraction of sp³-hybridized carbons (Fsp3) is 0.294. The molecule has 0 radical (unpaired) electrons. The van der Waals surface area contributed by atoms with Crippen molar-refractivity contribution in [2.75, 3.05) is 6.54 Å². The molecule has 0 aliphatic carbocycles. The highest BCUT2D eigenvalue weighted by atomic mass is 16.3. The molecular weight excluding hydrogens is 558 g/mol. The quantitative estimate of drug-likeness (QED) is 0.233. The second-order valence-corrected chi connectivity index (χ2v) is 11.5. The lowest BCUT2D eigenvalue weighted by atomic mass is 9.99. The molecule has 10 heteroatoms. The van der Waals surface area contributed by atoms with Gasteiger partial charge in [-0.15, -0.1) is 0 Å². The van der Waals surface area contributed by atoms with Crippen molar-refractivity contribution in [3.8, 4) is 5.75 Å². The Labute approximate surface area is 254 Å². The first-order valence-corrected chi connectivity index (χ1v) is 14.9. The summed E-state index contributed by atoms with van der Waals surface area (Å²) in [7, 11) is 0. The highest BCUT2D eigenvalue weighted by Gasteiger charge is 2.40. The summed E-state index contributed by atoms with van der Waals surface area (Å²) >= 11 is 0. The van der Waals surface area contributed by atoms with Crippen molar-refractivity contribution in [1.82, 2.24) is 25.8 Å². The van der Waals surface area contributed by atoms with Gasteiger partial charge in [0, 0.05) is 42.9 Å². The second kappa shape index (κ2) is 12.6. The largest absolute Gasteiger partial charge is 0.508 e. The van der Waals surface area contributed by atoms with E-state index in [4.69, 9.17) is 0 Å². The molecule has 44 heavy (non-hydrogen) atoms. The van der Waals surface area contributed by atoms with E-state index in [1.54, 1.807) is 12.1 Å². The van der Waals surface area contributed by atoms with Crippen LogP contribution in [0.4, 0.5) is 0 Å². The van der Waals surface area contributed by atoms with Gasteiger partial charge in [-0.3, -0.25) is 19.2 Å². The molecule has 1 aromatic heterocycles. The number of benzene rings is 3. The van der Waals surface area contributed by atoms with Gasteiger partial charge < -0.3 is 30.9 Å². The topological polar surface area (TPSA) is 144 Å². The van der Waals surface area contributed by atoms with Crippen LogP contribution in [0.2, 0.25) is 0 Å². The van der Waals surface area contributed by atoms with Crippen molar-refractivity contribution in [3.63, 3.8) is 0 Å². The lowest BCUT2D eigenvalue weighted by molar-refractivity contribution is -0.143. The fourth-order valence-corrected chi connectivity index (χ4v) is 6.17. The number of phenolic OH excluding ortho intramolecular Hbond substituents is 1. The van der Waals surface area contributed by atoms with Gasteiger partial charge >= 0.3 is 0 Å². The number of aromatic hydroxyl groups is 1. The molecule has 0 saturated carbocycles. The summed E-state index contributed by atoms with van der Waals surface area (Å²) in [6.07, 6.45) is 3.45. The van der Waals surface area contributed by atoms with Crippen LogP contribution in [0, 0.1) is 0 Å². The molecule has 0 spiro atoms. The first kappa shape index (κ1) is 29.0. The number of rotatable bonds is 6. The Morgan fingerprint density at radius 2 is 1.30 bits per heavy atom. The minimum atomic E-state index is -1.03. The van der Waals surface area contributed by atoms with E-state index in [9.17, 15) is 24.3 Å². The van der Waals surface area contributed by atoms with E-state index in [0.717, 1.165) is 27.6 Å². The van der Waals surface area contributed by atoms with Crippen LogP contribution in [0.3, 0.4) is 0 Å². The molecule has 2 saturated heterocycles. The molecule has 0 bridgehead atoms. The predicted octanol–water partition coefficient (Wildman–Crippen LogP) is 2.36. The zero-order valence-corrected chi connectivity index (χ0v) is 24.2. The maximum atomic E-state index is 14.0. The molecule has 226 valence electrons. The Hall–Kier alpha value is -5.12. The maximum absolute atomic E-state index is 14.0. The normalized spacial score (nSPS) is 22.9. The zero-order chi connectivity index (χ0) is 30.6. The van der Waals surface area contributed by atoms with Crippen LogP contribution < -0.4 is 16.0 Å². The third-order valence-electron chi connectivity index (χ3n) is 8.48. The lowest BCUT2D eigenvalue weighted by Crippen LogP contribution is -2.62. The van der Waals surface area contributed by atoms with E-state index in [-0.39, 0.29) is 30.9 Å². The van der Waals surface area contributed by atoms with Gasteiger partial charge in [0.15, 0.2) is 0 Å². The number of aromatic amines is 1. The molecule has 10 nitrogen and oxygen atoms in total. The van der Waals surface area contributed by atoms with Crippen LogP contribution in [-0.2, 0) is 38.4 Å². The van der Waals surface area contributed by atoms with Gasteiger partial charge in [-0.25, -0.2) is 0 Å². The van der Waals surface area contributed by atoms with E-state index in [2.05, 4.69) is 20.9 Å². The monoisotopic (exact) mass is 593 g/mol. The highest BCUT2D eigenvalue weighted by molar-refractivity contribution is 5.98. The molecule has 4 amide bonds. The van der Waals surface area contributed by atoms with Gasteiger partial charge in [-0.05, 0) is 47.7 Å². The summed E-state index contributed by atoms with van der Waals surface area (Å²) in [4.78, 5) is 60.3. The van der Waals surface area contributed by atoms with Crippen LogP contribution in [0.1, 0.15) is 29.5 Å². The first-order valence-electron chi connectivity index (χ1n) is 14.9. The molecule has 4 atom stereocenters. The number of carbonyl (C=O) groups is 4. The Balaban J connectivity index is 1.36. The van der Waals surface area contributed by atoms with Crippen LogP contribution in [0.25, 0.3) is 10.9 Å². The van der Waals surface area contributed by atoms with Crippen LogP contribution in [-0.4, -0.2) is 69.3 Å². The van der Waals surface area contributed by atoms with E-state index >= 15 is 0 Å². The molecule has 2 aliphatic rings. The SMILES string of the molecule is O=C1N[C@H](Cc2c[nH]c3ccccc23)C(=O)N[C@@H](Cc2ccccc2)C(=O)N2CCC[C@@H]2C(=O)N[C@H]1Cc1ccc(O)cc1. The van der Waals surface area contributed by atoms with Crippen LogP contribution in [0.15, 0.2) is 85.1 Å². The molecule has 6 rings (SSSR count). The zero-order valence-electron chi connectivity index (χ0n) is 24.2. The molecule has 3 heterocycles. The Morgan fingerprint density at radius 1 is 0.682 bits per heavy atom. The lowest BCUT2D eigenvalue weighted by Gasteiger charge is -2.32. The summed E-state index contributed by atoms with van der Waals surface area (Å²) in [5.41, 5.74) is 3.31. The fourth-order valence-electron chi connectivity index (χ4n) is 6.17.